The van der Waals surface area contributed by atoms with E-state index in [1.807, 2.05) is 25.1 Å². The van der Waals surface area contributed by atoms with Gasteiger partial charge in [-0.15, -0.1) is 0 Å². The number of hydrogen-bond donors (Lipinski definition) is 3. The molecule has 5 nitrogen and oxygen atoms in total. The highest BCUT2D eigenvalue weighted by atomic mass is 16.3. The van der Waals surface area contributed by atoms with Gasteiger partial charge in [0, 0.05) is 23.9 Å². The number of aliphatic hydroxyl groups excluding tert-OH is 1. The maximum absolute atomic E-state index is 10.1. The molecular formula is C16H17N3O2. The van der Waals surface area contributed by atoms with E-state index >= 15 is 0 Å². The number of benzene rings is 1. The van der Waals surface area contributed by atoms with Crippen molar-refractivity contribution >= 4 is 5.69 Å². The Labute approximate surface area is 123 Å². The molecule has 108 valence electrons. The summed E-state index contributed by atoms with van der Waals surface area (Å²) in [7, 11) is 0. The van der Waals surface area contributed by atoms with Crippen molar-refractivity contribution in [2.45, 2.75) is 27.0 Å². The summed E-state index contributed by atoms with van der Waals surface area (Å²) < 4.78 is 0. The molecule has 0 aliphatic carbocycles. The molecule has 1 aromatic heterocycles. The number of aryl methyl sites for hydroxylation is 2. The Hall–Kier alpha value is -2.58. The molecule has 0 bridgehead atoms. The summed E-state index contributed by atoms with van der Waals surface area (Å²) in [6, 6.07) is 7.72. The van der Waals surface area contributed by atoms with Crippen molar-refractivity contribution in [2.75, 3.05) is 5.32 Å². The molecule has 21 heavy (non-hydrogen) atoms. The van der Waals surface area contributed by atoms with Gasteiger partial charge in [0.1, 0.15) is 11.8 Å². The number of nitrogens with zero attached hydrogens (tertiary/aromatic N) is 2. The number of aromatic nitrogens is 1. The van der Waals surface area contributed by atoms with Crippen LogP contribution < -0.4 is 5.32 Å². The average molecular weight is 283 g/mol. The summed E-state index contributed by atoms with van der Waals surface area (Å²) in [6.07, 6.45) is 1.55. The number of hydrogen-bond acceptors (Lipinski definition) is 5. The van der Waals surface area contributed by atoms with Gasteiger partial charge in [0.05, 0.1) is 23.6 Å². The van der Waals surface area contributed by atoms with Gasteiger partial charge in [0.2, 0.25) is 0 Å². The van der Waals surface area contributed by atoms with Crippen LogP contribution in [0.5, 0.6) is 5.75 Å². The molecule has 0 saturated carbocycles. The molecule has 0 saturated heterocycles. The van der Waals surface area contributed by atoms with Crippen LogP contribution >= 0.6 is 0 Å². The van der Waals surface area contributed by atoms with Crippen LogP contribution in [-0.4, -0.2) is 15.2 Å². The second kappa shape index (κ2) is 6.25. The van der Waals surface area contributed by atoms with Crippen LogP contribution in [0.1, 0.15) is 27.9 Å². The molecule has 5 heteroatoms. The van der Waals surface area contributed by atoms with Crippen LogP contribution in [0.2, 0.25) is 0 Å². The van der Waals surface area contributed by atoms with Crippen LogP contribution in [0.3, 0.4) is 0 Å². The third kappa shape index (κ3) is 2.96. The third-order valence-corrected chi connectivity index (χ3v) is 3.44. The van der Waals surface area contributed by atoms with E-state index in [0.29, 0.717) is 34.6 Å². The van der Waals surface area contributed by atoms with E-state index in [4.69, 9.17) is 0 Å². The second-order valence-corrected chi connectivity index (χ2v) is 4.82. The SMILES string of the molecule is Cc1cccc(NCc2c(CO)cnc(C)c2O)c1C#N. The van der Waals surface area contributed by atoms with Gasteiger partial charge in [0.15, 0.2) is 0 Å². The Morgan fingerprint density at radius 1 is 1.33 bits per heavy atom. The Balaban J connectivity index is 2.31. The van der Waals surface area contributed by atoms with Crippen LogP contribution in [0.25, 0.3) is 0 Å². The standard InChI is InChI=1S/C16H17N3O2/c1-10-4-3-5-15(13(10)6-17)19-8-14-12(9-20)7-18-11(2)16(14)21/h3-5,7,19-21H,8-9H2,1-2H3. The van der Waals surface area contributed by atoms with Gasteiger partial charge >= 0.3 is 0 Å². The Bertz CT molecular complexity index is 705. The summed E-state index contributed by atoms with van der Waals surface area (Å²) in [5, 5.41) is 31.8. The van der Waals surface area contributed by atoms with Gasteiger partial charge in [-0.3, -0.25) is 4.98 Å². The smallest absolute Gasteiger partial charge is 0.142 e. The monoisotopic (exact) mass is 283 g/mol. The topological polar surface area (TPSA) is 89.2 Å². The quantitative estimate of drug-likeness (QED) is 0.801. The van der Waals surface area contributed by atoms with Crippen LogP contribution in [0, 0.1) is 25.2 Å². The molecule has 0 aliphatic heterocycles. The fourth-order valence-electron chi connectivity index (χ4n) is 2.16. The number of nitriles is 1. The lowest BCUT2D eigenvalue weighted by Gasteiger charge is -2.14. The van der Waals surface area contributed by atoms with Gasteiger partial charge < -0.3 is 15.5 Å². The van der Waals surface area contributed by atoms with E-state index in [-0.39, 0.29) is 12.4 Å². The molecule has 1 heterocycles. The fraction of sp³-hybridized carbons (Fsp3) is 0.250. The minimum atomic E-state index is -0.198. The largest absolute Gasteiger partial charge is 0.506 e. The lowest BCUT2D eigenvalue weighted by Crippen LogP contribution is -2.07. The number of anilines is 1. The summed E-state index contributed by atoms with van der Waals surface area (Å²) in [5.41, 5.74) is 3.84. The molecule has 2 rings (SSSR count). The van der Waals surface area contributed by atoms with Crippen molar-refractivity contribution in [3.63, 3.8) is 0 Å². The first-order chi connectivity index (χ1) is 10.1. The normalized spacial score (nSPS) is 10.2. The molecule has 0 fully saturated rings. The maximum Gasteiger partial charge on any atom is 0.142 e. The van der Waals surface area contributed by atoms with Gasteiger partial charge in [-0.05, 0) is 25.5 Å². The van der Waals surface area contributed by atoms with Crippen molar-refractivity contribution < 1.29 is 10.2 Å². The Morgan fingerprint density at radius 2 is 2.10 bits per heavy atom. The van der Waals surface area contributed by atoms with E-state index in [1.165, 1.54) is 0 Å². The molecule has 0 atom stereocenters. The maximum atomic E-state index is 10.1. The zero-order chi connectivity index (χ0) is 15.4. The molecule has 2 aromatic rings. The van der Waals surface area contributed by atoms with Gasteiger partial charge in [-0.1, -0.05) is 12.1 Å². The molecule has 0 spiro atoms. The first-order valence-corrected chi connectivity index (χ1v) is 6.59. The third-order valence-electron chi connectivity index (χ3n) is 3.44. The minimum Gasteiger partial charge on any atom is -0.506 e. The van der Waals surface area contributed by atoms with Crippen LogP contribution in [-0.2, 0) is 13.2 Å². The summed E-state index contributed by atoms with van der Waals surface area (Å²) in [4.78, 5) is 4.02. The van der Waals surface area contributed by atoms with E-state index in [0.717, 1.165) is 5.56 Å². The van der Waals surface area contributed by atoms with E-state index < -0.39 is 0 Å². The fourth-order valence-corrected chi connectivity index (χ4v) is 2.16. The van der Waals surface area contributed by atoms with Crippen LogP contribution in [0.15, 0.2) is 24.4 Å². The predicted octanol–water partition coefficient (Wildman–Crippen LogP) is 2.38. The molecule has 0 aliphatic rings. The highest BCUT2D eigenvalue weighted by Crippen LogP contribution is 2.26. The van der Waals surface area contributed by atoms with Gasteiger partial charge in [0.25, 0.3) is 0 Å². The molecular weight excluding hydrogens is 266 g/mol. The summed E-state index contributed by atoms with van der Waals surface area (Å²) >= 11 is 0. The van der Waals surface area contributed by atoms with Gasteiger partial charge in [-0.2, -0.15) is 5.26 Å². The summed E-state index contributed by atoms with van der Waals surface area (Å²) in [6.45, 7) is 3.68. The second-order valence-electron chi connectivity index (χ2n) is 4.82. The van der Waals surface area contributed by atoms with Gasteiger partial charge in [-0.25, -0.2) is 0 Å². The van der Waals surface area contributed by atoms with Crippen molar-refractivity contribution in [2.24, 2.45) is 0 Å². The first-order valence-electron chi connectivity index (χ1n) is 6.59. The number of nitrogens with one attached hydrogen (secondary N) is 1. The zero-order valence-electron chi connectivity index (χ0n) is 12.0. The summed E-state index contributed by atoms with van der Waals surface area (Å²) in [5.74, 6) is 0.0696. The predicted molar refractivity (Wildman–Crippen MR) is 79.8 cm³/mol. The number of rotatable bonds is 4. The lowest BCUT2D eigenvalue weighted by atomic mass is 10.1. The Morgan fingerprint density at radius 3 is 2.76 bits per heavy atom. The van der Waals surface area contributed by atoms with Crippen molar-refractivity contribution in [3.8, 4) is 11.8 Å². The number of pyridine rings is 1. The highest BCUT2D eigenvalue weighted by molar-refractivity contribution is 5.61. The van der Waals surface area contributed by atoms with E-state index in [9.17, 15) is 15.5 Å². The molecule has 3 N–H and O–H groups in total. The molecule has 0 amide bonds. The van der Waals surface area contributed by atoms with E-state index in [2.05, 4.69) is 16.4 Å². The Kier molecular flexibility index (Phi) is 4.41. The first kappa shape index (κ1) is 14.8. The molecule has 0 unspecified atom stereocenters. The minimum absolute atomic E-state index is 0.0696. The van der Waals surface area contributed by atoms with Crippen molar-refractivity contribution in [1.82, 2.24) is 4.98 Å². The van der Waals surface area contributed by atoms with Crippen LogP contribution in [0.4, 0.5) is 5.69 Å². The van der Waals surface area contributed by atoms with Crippen molar-refractivity contribution in [3.05, 3.63) is 52.3 Å². The molecule has 0 radical (unpaired) electrons. The number of aliphatic hydroxyl groups is 1. The van der Waals surface area contributed by atoms with Crippen molar-refractivity contribution in [1.29, 1.82) is 5.26 Å². The highest BCUT2D eigenvalue weighted by Gasteiger charge is 2.12. The average Bonchev–Trinajstić information content (AvgIpc) is 2.48. The molecule has 1 aromatic carbocycles. The number of aromatic hydroxyl groups is 1. The zero-order valence-corrected chi connectivity index (χ0v) is 12.0. The van der Waals surface area contributed by atoms with E-state index in [1.54, 1.807) is 13.1 Å². The lowest BCUT2D eigenvalue weighted by molar-refractivity contribution is 0.279.